The van der Waals surface area contributed by atoms with Crippen LogP contribution in [0.5, 0.6) is 0 Å². The number of nitrogens with one attached hydrogen (secondary N) is 1. The smallest absolute Gasteiger partial charge is 0.269 e. The van der Waals surface area contributed by atoms with E-state index in [1.165, 1.54) is 16.0 Å². The van der Waals surface area contributed by atoms with Crippen LogP contribution in [0.4, 0.5) is 5.69 Å². The minimum Gasteiger partial charge on any atom is -0.370 e. The number of hydrogen-bond acceptors (Lipinski definition) is 5. The third-order valence-corrected chi connectivity index (χ3v) is 5.63. The number of amides is 1. The Morgan fingerprint density at radius 2 is 1.93 bits per heavy atom. The molecule has 0 bridgehead atoms. The first kappa shape index (κ1) is 20.2. The van der Waals surface area contributed by atoms with Gasteiger partial charge in [0.1, 0.15) is 13.1 Å². The van der Waals surface area contributed by atoms with Gasteiger partial charge in [0.2, 0.25) is 5.91 Å². The molecule has 0 saturated carbocycles. The topological polar surface area (TPSA) is 89.5 Å². The standard InChI is InChI=1S/C22H24N4O4/c27-22(9-10-24-11-13-30-14-12-24)25-21(18-7-4-8-19(15-18)26(28)29)16-20(23-25)17-5-2-1-3-6-17/h1-8,15,21H,9-14,16H2/p+1/t21-/m0/s1. The van der Waals surface area contributed by atoms with Crippen LogP contribution in [0.1, 0.15) is 30.0 Å². The van der Waals surface area contributed by atoms with E-state index in [1.807, 2.05) is 36.4 Å². The van der Waals surface area contributed by atoms with E-state index in [0.29, 0.717) is 12.8 Å². The zero-order valence-corrected chi connectivity index (χ0v) is 16.7. The number of nitro benzene ring substituents is 1. The number of ether oxygens (including phenoxy) is 1. The molecule has 2 heterocycles. The molecule has 1 atom stereocenters. The number of non-ortho nitro benzene ring substituents is 1. The minimum absolute atomic E-state index is 0.0193. The summed E-state index contributed by atoms with van der Waals surface area (Å²) in [5.74, 6) is -0.0589. The van der Waals surface area contributed by atoms with Crippen molar-refractivity contribution in [1.29, 1.82) is 0 Å². The van der Waals surface area contributed by atoms with Gasteiger partial charge >= 0.3 is 0 Å². The highest BCUT2D eigenvalue weighted by Gasteiger charge is 2.34. The summed E-state index contributed by atoms with van der Waals surface area (Å²) in [7, 11) is 0. The van der Waals surface area contributed by atoms with Gasteiger partial charge in [0.15, 0.2) is 0 Å². The highest BCUT2D eigenvalue weighted by atomic mass is 16.6. The van der Waals surface area contributed by atoms with Gasteiger partial charge in [0, 0.05) is 18.6 Å². The second-order valence-corrected chi connectivity index (χ2v) is 7.59. The second kappa shape index (κ2) is 9.15. The first-order valence-electron chi connectivity index (χ1n) is 10.2. The van der Waals surface area contributed by atoms with Crippen molar-refractivity contribution in [2.75, 3.05) is 32.8 Å². The normalized spacial score (nSPS) is 19.5. The van der Waals surface area contributed by atoms with Crippen molar-refractivity contribution < 1.29 is 19.4 Å². The van der Waals surface area contributed by atoms with Gasteiger partial charge in [0.25, 0.3) is 5.69 Å². The van der Waals surface area contributed by atoms with Crippen LogP contribution in [-0.2, 0) is 9.53 Å². The van der Waals surface area contributed by atoms with Crippen LogP contribution in [0.15, 0.2) is 59.7 Å². The van der Waals surface area contributed by atoms with Gasteiger partial charge < -0.3 is 9.64 Å². The highest BCUT2D eigenvalue weighted by molar-refractivity contribution is 6.03. The fourth-order valence-corrected chi connectivity index (χ4v) is 3.96. The number of hydrogen-bond donors (Lipinski definition) is 1. The van der Waals surface area contributed by atoms with Crippen molar-refractivity contribution >= 4 is 17.3 Å². The molecule has 8 heteroatoms. The molecule has 156 valence electrons. The van der Waals surface area contributed by atoms with E-state index in [4.69, 9.17) is 4.74 Å². The molecule has 8 nitrogen and oxygen atoms in total. The summed E-state index contributed by atoms with van der Waals surface area (Å²) >= 11 is 0. The Kier molecular flexibility index (Phi) is 6.15. The third-order valence-electron chi connectivity index (χ3n) is 5.63. The predicted molar refractivity (Wildman–Crippen MR) is 111 cm³/mol. The van der Waals surface area contributed by atoms with E-state index in [0.717, 1.165) is 49.7 Å². The minimum atomic E-state index is -0.411. The van der Waals surface area contributed by atoms with Gasteiger partial charge in [-0.1, -0.05) is 42.5 Å². The van der Waals surface area contributed by atoms with E-state index >= 15 is 0 Å². The van der Waals surface area contributed by atoms with Crippen molar-refractivity contribution in [3.8, 4) is 0 Å². The molecule has 1 N–H and O–H groups in total. The van der Waals surface area contributed by atoms with Crippen molar-refractivity contribution in [1.82, 2.24) is 5.01 Å². The number of nitro groups is 1. The summed E-state index contributed by atoms with van der Waals surface area (Å²) in [6, 6.07) is 15.9. The molecule has 1 amide bonds. The van der Waals surface area contributed by atoms with Crippen LogP contribution < -0.4 is 4.90 Å². The van der Waals surface area contributed by atoms with Crippen molar-refractivity contribution in [2.24, 2.45) is 5.10 Å². The lowest BCUT2D eigenvalue weighted by Crippen LogP contribution is -3.14. The lowest BCUT2D eigenvalue weighted by atomic mass is 9.98. The van der Waals surface area contributed by atoms with Crippen molar-refractivity contribution in [3.05, 3.63) is 75.8 Å². The number of rotatable bonds is 6. The van der Waals surface area contributed by atoms with Gasteiger partial charge in [-0.15, -0.1) is 0 Å². The number of carbonyl (C=O) groups is 1. The number of nitrogens with zero attached hydrogens (tertiary/aromatic N) is 3. The maximum absolute atomic E-state index is 13.1. The van der Waals surface area contributed by atoms with Crippen molar-refractivity contribution in [3.63, 3.8) is 0 Å². The van der Waals surface area contributed by atoms with Crippen LogP contribution in [-0.4, -0.2) is 54.4 Å². The van der Waals surface area contributed by atoms with E-state index in [2.05, 4.69) is 5.10 Å². The Labute approximate surface area is 174 Å². The predicted octanol–water partition coefficient (Wildman–Crippen LogP) is 1.58. The summed E-state index contributed by atoms with van der Waals surface area (Å²) < 4.78 is 5.38. The number of hydrazone groups is 1. The summed E-state index contributed by atoms with van der Waals surface area (Å²) in [6.07, 6.45) is 0.910. The molecule has 0 aromatic heterocycles. The molecule has 0 unspecified atom stereocenters. The molecule has 2 aliphatic heterocycles. The molecule has 4 rings (SSSR count). The van der Waals surface area contributed by atoms with Crippen LogP contribution in [0.25, 0.3) is 0 Å². The Morgan fingerprint density at radius 3 is 2.67 bits per heavy atom. The molecule has 2 aromatic rings. The highest BCUT2D eigenvalue weighted by Crippen LogP contribution is 2.34. The van der Waals surface area contributed by atoms with Crippen LogP contribution in [0.3, 0.4) is 0 Å². The molecule has 0 radical (unpaired) electrons. The Balaban J connectivity index is 1.56. The molecular formula is C22H25N4O4+. The van der Waals surface area contributed by atoms with E-state index < -0.39 is 4.92 Å². The molecule has 0 aliphatic carbocycles. The average molecular weight is 409 g/mol. The molecule has 2 aromatic carbocycles. The number of carbonyl (C=O) groups excluding carboxylic acids is 1. The van der Waals surface area contributed by atoms with E-state index in [1.54, 1.807) is 12.1 Å². The molecular weight excluding hydrogens is 384 g/mol. The summed E-state index contributed by atoms with van der Waals surface area (Å²) in [5, 5.41) is 17.4. The summed E-state index contributed by atoms with van der Waals surface area (Å²) in [4.78, 5) is 25.3. The van der Waals surface area contributed by atoms with Gasteiger partial charge in [0.05, 0.1) is 42.9 Å². The van der Waals surface area contributed by atoms with Crippen LogP contribution >= 0.6 is 0 Å². The maximum Gasteiger partial charge on any atom is 0.269 e. The second-order valence-electron chi connectivity index (χ2n) is 7.59. The third kappa shape index (κ3) is 4.55. The molecule has 30 heavy (non-hydrogen) atoms. The van der Waals surface area contributed by atoms with E-state index in [9.17, 15) is 14.9 Å². The Bertz CT molecular complexity index is 941. The fraction of sp³-hybridized carbons (Fsp3) is 0.364. The number of quaternary nitrogens is 1. The largest absolute Gasteiger partial charge is 0.370 e. The summed E-state index contributed by atoms with van der Waals surface area (Å²) in [5.41, 5.74) is 2.53. The quantitative estimate of drug-likeness (QED) is 0.579. The SMILES string of the molecule is O=C(CC[NH+]1CCOCC1)N1N=C(c2ccccc2)C[C@H]1c1cccc([N+](=O)[O-])c1. The van der Waals surface area contributed by atoms with Gasteiger partial charge in [-0.05, 0) is 11.1 Å². The Morgan fingerprint density at radius 1 is 1.17 bits per heavy atom. The van der Waals surface area contributed by atoms with Crippen LogP contribution in [0.2, 0.25) is 0 Å². The Hall–Kier alpha value is -3.10. The van der Waals surface area contributed by atoms with Crippen molar-refractivity contribution in [2.45, 2.75) is 18.9 Å². The van der Waals surface area contributed by atoms with Gasteiger partial charge in [-0.3, -0.25) is 14.9 Å². The maximum atomic E-state index is 13.1. The fourth-order valence-electron chi connectivity index (χ4n) is 3.96. The van der Waals surface area contributed by atoms with Gasteiger partial charge in [-0.25, -0.2) is 5.01 Å². The number of morpholine rings is 1. The van der Waals surface area contributed by atoms with E-state index in [-0.39, 0.29) is 17.6 Å². The molecule has 1 fully saturated rings. The number of benzene rings is 2. The lowest BCUT2D eigenvalue weighted by Gasteiger charge is -2.25. The van der Waals surface area contributed by atoms with Gasteiger partial charge in [-0.2, -0.15) is 5.10 Å². The first-order chi connectivity index (χ1) is 14.6. The molecule has 1 saturated heterocycles. The zero-order chi connectivity index (χ0) is 20.9. The van der Waals surface area contributed by atoms with Crippen LogP contribution in [0, 0.1) is 10.1 Å². The zero-order valence-electron chi connectivity index (χ0n) is 16.7. The molecule has 2 aliphatic rings. The summed E-state index contributed by atoms with van der Waals surface area (Å²) in [6.45, 7) is 3.98. The molecule has 0 spiro atoms. The average Bonchev–Trinajstić information content (AvgIpc) is 3.24. The monoisotopic (exact) mass is 409 g/mol. The lowest BCUT2D eigenvalue weighted by molar-refractivity contribution is -0.907. The first-order valence-corrected chi connectivity index (χ1v) is 10.2.